The number of aryl methyl sites for hydroxylation is 1. The van der Waals surface area contributed by atoms with Crippen LogP contribution in [-0.4, -0.2) is 31.3 Å². The van der Waals surface area contributed by atoms with Crippen molar-refractivity contribution >= 4 is 5.97 Å². The van der Waals surface area contributed by atoms with Gasteiger partial charge >= 0.3 is 5.97 Å². The Labute approximate surface area is 69.2 Å². The molecule has 0 radical (unpaired) electrons. The van der Waals surface area contributed by atoms with Crippen molar-refractivity contribution in [3.63, 3.8) is 0 Å². The second-order valence-corrected chi connectivity index (χ2v) is 2.99. The Morgan fingerprint density at radius 2 is 2.17 bits per heavy atom. The second kappa shape index (κ2) is 2.54. The first-order valence-electron chi connectivity index (χ1n) is 3.45. The molecule has 1 aromatic rings. The lowest BCUT2D eigenvalue weighted by atomic mass is 10.1. The highest BCUT2D eigenvalue weighted by atomic mass is 16.4. The number of aromatic nitrogens is 4. The summed E-state index contributed by atoms with van der Waals surface area (Å²) in [6.07, 6.45) is 0. The fourth-order valence-corrected chi connectivity index (χ4v) is 0.607. The normalized spacial score (nSPS) is 11.6. The largest absolute Gasteiger partial charge is 0.479 e. The van der Waals surface area contributed by atoms with Gasteiger partial charge in [0.05, 0.1) is 0 Å². The minimum atomic E-state index is -1.14. The molecule has 0 aliphatic carbocycles. The van der Waals surface area contributed by atoms with Crippen LogP contribution in [0.1, 0.15) is 19.7 Å². The zero-order chi connectivity index (χ0) is 9.35. The molecule has 1 aromatic heterocycles. The standard InChI is InChI=1S/C6H10N4O2/c1-4-7-9-10(8-4)6(2,3)5(11)12/h1-3H3,(H,11,12). The number of carbonyl (C=O) groups is 1. The number of hydrogen-bond acceptors (Lipinski definition) is 4. The van der Waals surface area contributed by atoms with Crippen molar-refractivity contribution in [3.05, 3.63) is 5.82 Å². The summed E-state index contributed by atoms with van der Waals surface area (Å²) in [5.74, 6) is -0.524. The molecule has 1 heterocycles. The van der Waals surface area contributed by atoms with Crippen LogP contribution >= 0.6 is 0 Å². The number of aliphatic carboxylic acids is 1. The number of rotatable bonds is 2. The molecule has 0 aliphatic heterocycles. The highest BCUT2D eigenvalue weighted by molar-refractivity contribution is 5.75. The van der Waals surface area contributed by atoms with Gasteiger partial charge in [0.25, 0.3) is 0 Å². The summed E-state index contributed by atoms with van der Waals surface area (Å²) < 4.78 is 0. The van der Waals surface area contributed by atoms with Crippen LogP contribution in [0.4, 0.5) is 0 Å². The number of nitrogens with zero attached hydrogens (tertiary/aromatic N) is 4. The maximum absolute atomic E-state index is 10.7. The summed E-state index contributed by atoms with van der Waals surface area (Å²) in [5.41, 5.74) is -1.14. The molecule has 66 valence electrons. The minimum absolute atomic E-state index is 0.462. The topological polar surface area (TPSA) is 80.9 Å². The van der Waals surface area contributed by atoms with E-state index in [4.69, 9.17) is 5.11 Å². The van der Waals surface area contributed by atoms with E-state index >= 15 is 0 Å². The van der Waals surface area contributed by atoms with E-state index in [1.165, 1.54) is 13.8 Å². The van der Waals surface area contributed by atoms with Crippen molar-refractivity contribution in [1.29, 1.82) is 0 Å². The first-order chi connectivity index (χ1) is 5.44. The van der Waals surface area contributed by atoms with Crippen molar-refractivity contribution in [1.82, 2.24) is 20.2 Å². The molecule has 12 heavy (non-hydrogen) atoms. The monoisotopic (exact) mass is 170 g/mol. The summed E-state index contributed by atoms with van der Waals surface area (Å²) in [4.78, 5) is 11.8. The summed E-state index contributed by atoms with van der Waals surface area (Å²) in [6, 6.07) is 0. The summed E-state index contributed by atoms with van der Waals surface area (Å²) in [5, 5.41) is 19.8. The Hall–Kier alpha value is -1.46. The van der Waals surface area contributed by atoms with Gasteiger partial charge in [-0.1, -0.05) is 0 Å². The van der Waals surface area contributed by atoms with Gasteiger partial charge in [-0.25, -0.2) is 4.79 Å². The minimum Gasteiger partial charge on any atom is -0.479 e. The van der Waals surface area contributed by atoms with Crippen LogP contribution in [0.15, 0.2) is 0 Å². The van der Waals surface area contributed by atoms with Gasteiger partial charge in [-0.15, -0.1) is 15.0 Å². The molecule has 0 saturated heterocycles. The molecular weight excluding hydrogens is 160 g/mol. The van der Waals surface area contributed by atoms with E-state index in [9.17, 15) is 4.79 Å². The molecule has 0 unspecified atom stereocenters. The maximum Gasteiger partial charge on any atom is 0.333 e. The second-order valence-electron chi connectivity index (χ2n) is 2.99. The molecule has 1 N–H and O–H groups in total. The Kier molecular flexibility index (Phi) is 1.83. The molecule has 0 spiro atoms. The first kappa shape index (κ1) is 8.63. The smallest absolute Gasteiger partial charge is 0.333 e. The number of hydrogen-bond donors (Lipinski definition) is 1. The third-order valence-electron chi connectivity index (χ3n) is 1.54. The fourth-order valence-electron chi connectivity index (χ4n) is 0.607. The zero-order valence-corrected chi connectivity index (χ0v) is 7.14. The Morgan fingerprint density at radius 3 is 2.50 bits per heavy atom. The lowest BCUT2D eigenvalue weighted by Gasteiger charge is -2.16. The van der Waals surface area contributed by atoms with Crippen LogP contribution in [0.5, 0.6) is 0 Å². The van der Waals surface area contributed by atoms with Crippen molar-refractivity contribution < 1.29 is 9.90 Å². The molecule has 0 aromatic carbocycles. The predicted molar refractivity (Wildman–Crippen MR) is 39.5 cm³/mol. The SMILES string of the molecule is Cc1nnn(C(C)(C)C(=O)O)n1. The molecular formula is C6H10N4O2. The number of carboxylic acid groups (broad SMARTS) is 1. The highest BCUT2D eigenvalue weighted by Gasteiger charge is 2.31. The van der Waals surface area contributed by atoms with E-state index in [-0.39, 0.29) is 0 Å². The molecule has 1 rings (SSSR count). The van der Waals surface area contributed by atoms with Gasteiger partial charge in [0.1, 0.15) is 0 Å². The number of tetrazole rings is 1. The molecule has 0 amide bonds. The molecule has 0 fully saturated rings. The van der Waals surface area contributed by atoms with Gasteiger partial charge in [-0.05, 0) is 26.0 Å². The van der Waals surface area contributed by atoms with E-state index in [1.807, 2.05) is 0 Å². The van der Waals surface area contributed by atoms with Gasteiger partial charge in [0.2, 0.25) is 0 Å². The van der Waals surface area contributed by atoms with Gasteiger partial charge in [0.15, 0.2) is 11.4 Å². The third kappa shape index (κ3) is 1.27. The molecule has 0 aliphatic rings. The third-order valence-corrected chi connectivity index (χ3v) is 1.54. The molecule has 0 saturated carbocycles. The van der Waals surface area contributed by atoms with Crippen molar-refractivity contribution in [2.24, 2.45) is 0 Å². The van der Waals surface area contributed by atoms with E-state index in [2.05, 4.69) is 15.4 Å². The zero-order valence-electron chi connectivity index (χ0n) is 7.14. The predicted octanol–water partition coefficient (Wildman–Crippen LogP) is -0.199. The van der Waals surface area contributed by atoms with Crippen LogP contribution in [0, 0.1) is 6.92 Å². The average Bonchev–Trinajstić information content (AvgIpc) is 2.35. The van der Waals surface area contributed by atoms with E-state index in [1.54, 1.807) is 6.92 Å². The van der Waals surface area contributed by atoms with Crippen molar-refractivity contribution in [3.8, 4) is 0 Å². The van der Waals surface area contributed by atoms with Crippen LogP contribution in [0.25, 0.3) is 0 Å². The fraction of sp³-hybridized carbons (Fsp3) is 0.667. The lowest BCUT2D eigenvalue weighted by molar-refractivity contribution is -0.146. The average molecular weight is 170 g/mol. The van der Waals surface area contributed by atoms with Crippen LogP contribution < -0.4 is 0 Å². The quantitative estimate of drug-likeness (QED) is 0.664. The van der Waals surface area contributed by atoms with Crippen LogP contribution in [0.3, 0.4) is 0 Å². The van der Waals surface area contributed by atoms with E-state index < -0.39 is 11.5 Å². The Bertz CT molecular complexity index is 304. The number of carboxylic acids is 1. The summed E-state index contributed by atoms with van der Waals surface area (Å²) >= 11 is 0. The Morgan fingerprint density at radius 1 is 1.58 bits per heavy atom. The van der Waals surface area contributed by atoms with Gasteiger partial charge in [-0.3, -0.25) is 0 Å². The highest BCUT2D eigenvalue weighted by Crippen LogP contribution is 2.10. The van der Waals surface area contributed by atoms with Gasteiger partial charge in [0, 0.05) is 0 Å². The first-order valence-corrected chi connectivity index (χ1v) is 3.45. The molecule has 0 atom stereocenters. The van der Waals surface area contributed by atoms with Crippen LogP contribution in [0.2, 0.25) is 0 Å². The molecule has 0 bridgehead atoms. The molecule has 6 heteroatoms. The van der Waals surface area contributed by atoms with Crippen molar-refractivity contribution in [2.45, 2.75) is 26.3 Å². The van der Waals surface area contributed by atoms with Gasteiger partial charge in [-0.2, -0.15) is 0 Å². The van der Waals surface area contributed by atoms with E-state index in [0.717, 1.165) is 4.80 Å². The van der Waals surface area contributed by atoms with Crippen molar-refractivity contribution in [2.75, 3.05) is 0 Å². The Balaban J connectivity index is 3.05. The van der Waals surface area contributed by atoms with Gasteiger partial charge < -0.3 is 5.11 Å². The van der Waals surface area contributed by atoms with E-state index in [0.29, 0.717) is 5.82 Å². The molecule has 6 nitrogen and oxygen atoms in total. The summed E-state index contributed by atoms with van der Waals surface area (Å²) in [7, 11) is 0. The maximum atomic E-state index is 10.7. The lowest BCUT2D eigenvalue weighted by Crippen LogP contribution is -2.37. The van der Waals surface area contributed by atoms with Crippen LogP contribution in [-0.2, 0) is 10.3 Å². The summed E-state index contributed by atoms with van der Waals surface area (Å²) in [6.45, 7) is 4.67.